The topological polar surface area (TPSA) is 40.5 Å². The summed E-state index contributed by atoms with van der Waals surface area (Å²) in [5.41, 5.74) is 1.01. The molecule has 0 aromatic heterocycles. The summed E-state index contributed by atoms with van der Waals surface area (Å²) < 4.78 is 0.610. The molecule has 0 aliphatic rings. The summed E-state index contributed by atoms with van der Waals surface area (Å²) in [6.45, 7) is 5.76. The summed E-state index contributed by atoms with van der Waals surface area (Å²) in [5.74, 6) is -0.170. The van der Waals surface area contributed by atoms with E-state index in [4.69, 9.17) is 0 Å². The van der Waals surface area contributed by atoms with Gasteiger partial charge in [0.2, 0.25) is 0 Å². The molecule has 0 aliphatic carbocycles. The molecule has 16 heavy (non-hydrogen) atoms. The van der Waals surface area contributed by atoms with E-state index in [1.165, 1.54) is 4.90 Å². The van der Waals surface area contributed by atoms with Crippen molar-refractivity contribution in [1.82, 2.24) is 4.90 Å². The van der Waals surface area contributed by atoms with E-state index in [0.29, 0.717) is 15.6 Å². The molecule has 0 unspecified atom stereocenters. The minimum atomic E-state index is -0.210. The fraction of sp³-hybridized carbons (Fsp3) is 0.417. The highest BCUT2D eigenvalue weighted by Crippen LogP contribution is 2.29. The number of aryl methyl sites for hydroxylation is 1. The molecule has 0 saturated carbocycles. The van der Waals surface area contributed by atoms with Gasteiger partial charge in [0, 0.05) is 18.6 Å². The molecule has 1 N–H and O–H groups in total. The van der Waals surface area contributed by atoms with E-state index in [2.05, 4.69) is 15.9 Å². The largest absolute Gasteiger partial charge is 0.507 e. The highest BCUT2D eigenvalue weighted by Gasteiger charge is 2.18. The standard InChI is InChI=1S/C10H12BrNO2.C2H6/c1-6-4-5-7(11)8(9(6)13)10(14)12(2)3;1-2/h4-5,13H,1-3H3;1-2H3. The molecule has 3 nitrogen and oxygen atoms in total. The molecule has 0 bridgehead atoms. The van der Waals surface area contributed by atoms with Crippen molar-refractivity contribution in [3.63, 3.8) is 0 Å². The van der Waals surface area contributed by atoms with Crippen LogP contribution in [0.25, 0.3) is 0 Å². The first-order valence-electron chi connectivity index (χ1n) is 5.15. The molecule has 90 valence electrons. The maximum Gasteiger partial charge on any atom is 0.258 e. The molecule has 0 radical (unpaired) electrons. The second-order valence-corrected chi connectivity index (χ2v) is 4.14. The Morgan fingerprint density at radius 3 is 2.25 bits per heavy atom. The molecule has 0 atom stereocenters. The second kappa shape index (κ2) is 6.53. The summed E-state index contributed by atoms with van der Waals surface area (Å²) in [6, 6.07) is 3.51. The molecule has 0 spiro atoms. The second-order valence-electron chi connectivity index (χ2n) is 3.29. The third-order valence-corrected chi connectivity index (χ3v) is 2.61. The lowest BCUT2D eigenvalue weighted by atomic mass is 10.1. The van der Waals surface area contributed by atoms with E-state index in [0.717, 1.165) is 0 Å². The van der Waals surface area contributed by atoms with E-state index in [-0.39, 0.29) is 11.7 Å². The van der Waals surface area contributed by atoms with Gasteiger partial charge in [-0.2, -0.15) is 0 Å². The number of carbonyl (C=O) groups excluding carboxylic acids is 1. The number of phenols is 1. The van der Waals surface area contributed by atoms with Crippen LogP contribution in [0.15, 0.2) is 16.6 Å². The van der Waals surface area contributed by atoms with Crippen LogP contribution in [0.3, 0.4) is 0 Å². The Kier molecular flexibility index (Phi) is 6.11. The number of nitrogens with zero attached hydrogens (tertiary/aromatic N) is 1. The van der Waals surface area contributed by atoms with E-state index in [1.807, 2.05) is 13.8 Å². The third-order valence-electron chi connectivity index (χ3n) is 1.95. The van der Waals surface area contributed by atoms with Gasteiger partial charge in [-0.15, -0.1) is 0 Å². The summed E-state index contributed by atoms with van der Waals surface area (Å²) in [6.07, 6.45) is 0. The monoisotopic (exact) mass is 287 g/mol. The van der Waals surface area contributed by atoms with Gasteiger partial charge < -0.3 is 10.0 Å². The number of rotatable bonds is 1. The lowest BCUT2D eigenvalue weighted by Gasteiger charge is -2.14. The van der Waals surface area contributed by atoms with Crippen molar-refractivity contribution in [2.45, 2.75) is 20.8 Å². The first kappa shape index (κ1) is 15.0. The lowest BCUT2D eigenvalue weighted by molar-refractivity contribution is 0.0823. The normalized spacial score (nSPS) is 9.12. The number of carbonyl (C=O) groups is 1. The Morgan fingerprint density at radius 2 is 1.81 bits per heavy atom. The van der Waals surface area contributed by atoms with Gasteiger partial charge in [-0.1, -0.05) is 19.9 Å². The van der Waals surface area contributed by atoms with Crippen LogP contribution in [0.2, 0.25) is 0 Å². The van der Waals surface area contributed by atoms with Crippen LogP contribution in [0.1, 0.15) is 29.8 Å². The van der Waals surface area contributed by atoms with Gasteiger partial charge in [-0.3, -0.25) is 4.79 Å². The first-order valence-corrected chi connectivity index (χ1v) is 5.94. The van der Waals surface area contributed by atoms with Gasteiger partial charge in [0.05, 0.1) is 5.56 Å². The van der Waals surface area contributed by atoms with Crippen molar-refractivity contribution in [3.8, 4) is 5.75 Å². The molecular formula is C12H18BrNO2. The van der Waals surface area contributed by atoms with Crippen LogP contribution in [-0.2, 0) is 0 Å². The third kappa shape index (κ3) is 3.23. The lowest BCUT2D eigenvalue weighted by Crippen LogP contribution is -2.22. The van der Waals surface area contributed by atoms with Crippen molar-refractivity contribution >= 4 is 21.8 Å². The fourth-order valence-electron chi connectivity index (χ4n) is 1.10. The van der Waals surface area contributed by atoms with Crippen LogP contribution < -0.4 is 0 Å². The number of hydrogen-bond acceptors (Lipinski definition) is 2. The average molecular weight is 288 g/mol. The number of aromatic hydroxyl groups is 1. The highest BCUT2D eigenvalue weighted by molar-refractivity contribution is 9.10. The van der Waals surface area contributed by atoms with E-state index in [9.17, 15) is 9.90 Å². The van der Waals surface area contributed by atoms with Crippen LogP contribution in [0, 0.1) is 6.92 Å². The molecule has 0 fully saturated rings. The SMILES string of the molecule is CC.Cc1ccc(Br)c(C(=O)N(C)C)c1O. The molecule has 0 saturated heterocycles. The van der Waals surface area contributed by atoms with Gasteiger partial charge in [-0.25, -0.2) is 0 Å². The summed E-state index contributed by atoms with van der Waals surface area (Å²) in [5, 5.41) is 9.72. The van der Waals surface area contributed by atoms with Crippen molar-refractivity contribution in [2.75, 3.05) is 14.1 Å². The predicted molar refractivity (Wildman–Crippen MR) is 69.9 cm³/mol. The Balaban J connectivity index is 0.00000106. The molecule has 4 heteroatoms. The van der Waals surface area contributed by atoms with Crippen molar-refractivity contribution in [2.24, 2.45) is 0 Å². The van der Waals surface area contributed by atoms with Crippen molar-refractivity contribution < 1.29 is 9.90 Å². The van der Waals surface area contributed by atoms with Gasteiger partial charge in [0.25, 0.3) is 5.91 Å². The first-order chi connectivity index (χ1) is 7.45. The maximum atomic E-state index is 11.7. The van der Waals surface area contributed by atoms with Gasteiger partial charge in [0.15, 0.2) is 0 Å². The Morgan fingerprint density at radius 1 is 1.31 bits per heavy atom. The molecule has 1 aromatic rings. The maximum absolute atomic E-state index is 11.7. The molecule has 0 heterocycles. The average Bonchev–Trinajstić information content (AvgIpc) is 2.26. The zero-order chi connectivity index (χ0) is 12.9. The number of phenolic OH excluding ortho intramolecular Hbond substituents is 1. The van der Waals surface area contributed by atoms with Crippen molar-refractivity contribution in [3.05, 3.63) is 27.7 Å². The minimum Gasteiger partial charge on any atom is -0.507 e. The Bertz CT molecular complexity index is 376. The zero-order valence-corrected chi connectivity index (χ0v) is 11.9. The number of benzene rings is 1. The molecule has 1 aromatic carbocycles. The molecular weight excluding hydrogens is 270 g/mol. The fourth-order valence-corrected chi connectivity index (χ4v) is 1.59. The smallest absolute Gasteiger partial charge is 0.258 e. The summed E-state index contributed by atoms with van der Waals surface area (Å²) in [7, 11) is 3.30. The number of hydrogen-bond donors (Lipinski definition) is 1. The number of amides is 1. The number of halogens is 1. The van der Waals surface area contributed by atoms with E-state index in [1.54, 1.807) is 33.2 Å². The Hall–Kier alpha value is -1.03. The zero-order valence-electron chi connectivity index (χ0n) is 10.3. The quantitative estimate of drug-likeness (QED) is 0.862. The van der Waals surface area contributed by atoms with E-state index < -0.39 is 0 Å². The minimum absolute atomic E-state index is 0.0399. The molecule has 0 aliphatic heterocycles. The highest BCUT2D eigenvalue weighted by atomic mass is 79.9. The predicted octanol–water partition coefficient (Wildman–Crippen LogP) is 3.19. The van der Waals surface area contributed by atoms with E-state index >= 15 is 0 Å². The van der Waals surface area contributed by atoms with Crippen LogP contribution >= 0.6 is 15.9 Å². The van der Waals surface area contributed by atoms with Crippen LogP contribution in [0.4, 0.5) is 0 Å². The van der Waals surface area contributed by atoms with Crippen molar-refractivity contribution in [1.29, 1.82) is 0 Å². The van der Waals surface area contributed by atoms with Crippen LogP contribution in [-0.4, -0.2) is 30.0 Å². The van der Waals surface area contributed by atoms with Crippen LogP contribution in [0.5, 0.6) is 5.75 Å². The Labute approximate surface area is 105 Å². The molecule has 1 rings (SSSR count). The molecule has 1 amide bonds. The van der Waals surface area contributed by atoms with Gasteiger partial charge in [0.1, 0.15) is 5.75 Å². The summed E-state index contributed by atoms with van der Waals surface area (Å²) >= 11 is 3.24. The van der Waals surface area contributed by atoms with Gasteiger partial charge >= 0.3 is 0 Å². The van der Waals surface area contributed by atoms with Gasteiger partial charge in [-0.05, 0) is 34.5 Å². The summed E-state index contributed by atoms with van der Waals surface area (Å²) in [4.78, 5) is 13.1.